The van der Waals surface area contributed by atoms with E-state index in [9.17, 15) is 19.2 Å². The van der Waals surface area contributed by atoms with Gasteiger partial charge in [0.25, 0.3) is 0 Å². The quantitative estimate of drug-likeness (QED) is 0.314. The average molecular weight is 334 g/mol. The van der Waals surface area contributed by atoms with Gasteiger partial charge in [0.2, 0.25) is 0 Å². The largest absolute Gasteiger partial charge is 0.481 e. The molecular formula is C13H22N2O8. The average Bonchev–Trinajstić information content (AvgIpc) is 2.40. The van der Waals surface area contributed by atoms with Gasteiger partial charge in [0.15, 0.2) is 0 Å². The van der Waals surface area contributed by atoms with E-state index in [4.69, 9.17) is 20.4 Å². The van der Waals surface area contributed by atoms with Gasteiger partial charge in [0.05, 0.1) is 25.9 Å². The summed E-state index contributed by atoms with van der Waals surface area (Å²) in [5, 5.41) is 34.8. The maximum atomic E-state index is 10.7. The van der Waals surface area contributed by atoms with Gasteiger partial charge in [-0.25, -0.2) is 0 Å². The Balaban J connectivity index is 4.35. The highest BCUT2D eigenvalue weighted by Crippen LogP contribution is 1.99. The summed E-state index contributed by atoms with van der Waals surface area (Å²) in [6.07, 6.45) is 0.0239. The maximum absolute atomic E-state index is 10.7. The molecule has 0 spiro atoms. The van der Waals surface area contributed by atoms with Crippen LogP contribution in [-0.2, 0) is 19.2 Å². The standard InChI is InChI=1S/C13H22N2O8/c16-10(17)2-6-14(8-12(20)21)4-1-5-15(9-13(22)23)7-3-11(18)19/h1-9H2,(H,16,17)(H,18,19)(H,20,21)(H,22,23). The lowest BCUT2D eigenvalue weighted by Crippen LogP contribution is -2.37. The van der Waals surface area contributed by atoms with E-state index in [0.717, 1.165) is 0 Å². The predicted octanol–water partition coefficient (Wildman–Crippen LogP) is -0.901. The molecular weight excluding hydrogens is 312 g/mol. The fourth-order valence-electron chi connectivity index (χ4n) is 1.95. The number of rotatable bonds is 14. The summed E-state index contributed by atoms with van der Waals surface area (Å²) >= 11 is 0. The number of carbonyl (C=O) groups is 4. The number of hydrogen-bond donors (Lipinski definition) is 4. The topological polar surface area (TPSA) is 156 Å². The van der Waals surface area contributed by atoms with E-state index in [1.54, 1.807) is 0 Å². The number of hydrogen-bond acceptors (Lipinski definition) is 6. The lowest BCUT2D eigenvalue weighted by molar-refractivity contribution is -0.141. The fraction of sp³-hybridized carbons (Fsp3) is 0.692. The Hall–Kier alpha value is -2.20. The van der Waals surface area contributed by atoms with Crippen LogP contribution in [0.2, 0.25) is 0 Å². The molecule has 23 heavy (non-hydrogen) atoms. The van der Waals surface area contributed by atoms with Crippen molar-refractivity contribution in [3.63, 3.8) is 0 Å². The van der Waals surface area contributed by atoms with Crippen LogP contribution in [-0.4, -0.2) is 93.4 Å². The van der Waals surface area contributed by atoms with E-state index in [-0.39, 0.29) is 52.1 Å². The van der Waals surface area contributed by atoms with Crippen molar-refractivity contribution in [2.75, 3.05) is 39.3 Å². The summed E-state index contributed by atoms with van der Waals surface area (Å²) in [5.74, 6) is -4.23. The Kier molecular flexibility index (Phi) is 10.3. The molecule has 0 aromatic carbocycles. The molecule has 0 amide bonds. The summed E-state index contributed by atoms with van der Waals surface area (Å²) in [6.45, 7) is 0.111. The van der Waals surface area contributed by atoms with E-state index in [2.05, 4.69) is 0 Å². The SMILES string of the molecule is O=C(O)CCN(CCCN(CCC(=O)O)CC(=O)O)CC(=O)O. The second kappa shape index (κ2) is 11.4. The zero-order valence-electron chi connectivity index (χ0n) is 12.7. The summed E-state index contributed by atoms with van der Waals surface area (Å²) in [5.41, 5.74) is 0. The molecule has 0 aliphatic rings. The Labute approximate surface area is 132 Å². The molecule has 0 aromatic heterocycles. The van der Waals surface area contributed by atoms with Gasteiger partial charge in [0, 0.05) is 13.1 Å². The van der Waals surface area contributed by atoms with Crippen molar-refractivity contribution in [1.82, 2.24) is 9.80 Å². The van der Waals surface area contributed by atoms with Gasteiger partial charge in [-0.05, 0) is 19.5 Å². The molecule has 132 valence electrons. The van der Waals surface area contributed by atoms with Crippen LogP contribution >= 0.6 is 0 Å². The van der Waals surface area contributed by atoms with Crippen molar-refractivity contribution in [2.45, 2.75) is 19.3 Å². The molecule has 10 nitrogen and oxygen atoms in total. The molecule has 0 saturated carbocycles. The van der Waals surface area contributed by atoms with Crippen LogP contribution in [0.1, 0.15) is 19.3 Å². The van der Waals surface area contributed by atoms with Gasteiger partial charge in [-0.3, -0.25) is 29.0 Å². The van der Waals surface area contributed by atoms with Crippen molar-refractivity contribution < 1.29 is 39.6 Å². The molecule has 0 atom stereocenters. The normalized spacial score (nSPS) is 10.9. The predicted molar refractivity (Wildman–Crippen MR) is 77.3 cm³/mol. The number of nitrogens with zero attached hydrogens (tertiary/aromatic N) is 2. The summed E-state index contributed by atoms with van der Waals surface area (Å²) in [6, 6.07) is 0. The molecule has 0 saturated heterocycles. The van der Waals surface area contributed by atoms with Crippen molar-refractivity contribution in [2.24, 2.45) is 0 Å². The summed E-state index contributed by atoms with van der Waals surface area (Å²) in [7, 11) is 0. The first kappa shape index (κ1) is 20.8. The van der Waals surface area contributed by atoms with Crippen LogP contribution in [0, 0.1) is 0 Å². The zero-order chi connectivity index (χ0) is 17.8. The first-order valence-corrected chi connectivity index (χ1v) is 7.02. The molecule has 0 rings (SSSR count). The Bertz CT molecular complexity index is 388. The number of aliphatic carboxylic acids is 4. The Morgan fingerprint density at radius 3 is 1.17 bits per heavy atom. The maximum Gasteiger partial charge on any atom is 0.317 e. The van der Waals surface area contributed by atoms with Crippen molar-refractivity contribution >= 4 is 23.9 Å². The van der Waals surface area contributed by atoms with Crippen LogP contribution in [0.25, 0.3) is 0 Å². The highest BCUT2D eigenvalue weighted by molar-refractivity contribution is 5.70. The molecule has 0 radical (unpaired) electrons. The third kappa shape index (κ3) is 13.2. The first-order chi connectivity index (χ1) is 10.7. The minimum Gasteiger partial charge on any atom is -0.481 e. The van der Waals surface area contributed by atoms with Gasteiger partial charge < -0.3 is 20.4 Å². The van der Waals surface area contributed by atoms with E-state index in [1.807, 2.05) is 0 Å². The van der Waals surface area contributed by atoms with Gasteiger partial charge in [0.1, 0.15) is 0 Å². The van der Waals surface area contributed by atoms with E-state index >= 15 is 0 Å². The lowest BCUT2D eigenvalue weighted by Gasteiger charge is -2.23. The minimum atomic E-state index is -1.08. The third-order valence-electron chi connectivity index (χ3n) is 2.95. The van der Waals surface area contributed by atoms with Gasteiger partial charge in [-0.1, -0.05) is 0 Å². The molecule has 0 unspecified atom stereocenters. The molecule has 0 aromatic rings. The Morgan fingerprint density at radius 1 is 0.565 bits per heavy atom. The second-order valence-electron chi connectivity index (χ2n) is 4.98. The lowest BCUT2D eigenvalue weighted by atomic mass is 10.3. The molecule has 0 fully saturated rings. The van der Waals surface area contributed by atoms with Gasteiger partial charge in [-0.15, -0.1) is 0 Å². The zero-order valence-corrected chi connectivity index (χ0v) is 12.7. The van der Waals surface area contributed by atoms with Crippen molar-refractivity contribution in [3.8, 4) is 0 Å². The van der Waals surface area contributed by atoms with E-state index in [1.165, 1.54) is 9.80 Å². The molecule has 0 aliphatic carbocycles. The Morgan fingerprint density at radius 2 is 0.913 bits per heavy atom. The molecule has 0 bridgehead atoms. The molecule has 10 heteroatoms. The van der Waals surface area contributed by atoms with Crippen LogP contribution in [0.4, 0.5) is 0 Å². The molecule has 0 heterocycles. The van der Waals surface area contributed by atoms with Crippen LogP contribution in [0.15, 0.2) is 0 Å². The van der Waals surface area contributed by atoms with Crippen LogP contribution in [0.5, 0.6) is 0 Å². The minimum absolute atomic E-state index is 0.0791. The molecule has 4 N–H and O–H groups in total. The first-order valence-electron chi connectivity index (χ1n) is 7.02. The summed E-state index contributed by atoms with van der Waals surface area (Å²) in [4.78, 5) is 45.4. The number of carboxylic acid groups (broad SMARTS) is 4. The fourth-order valence-corrected chi connectivity index (χ4v) is 1.95. The third-order valence-corrected chi connectivity index (χ3v) is 2.95. The van der Waals surface area contributed by atoms with E-state index < -0.39 is 23.9 Å². The highest BCUT2D eigenvalue weighted by atomic mass is 16.4. The monoisotopic (exact) mass is 334 g/mol. The van der Waals surface area contributed by atoms with Crippen molar-refractivity contribution in [3.05, 3.63) is 0 Å². The highest BCUT2D eigenvalue weighted by Gasteiger charge is 2.14. The van der Waals surface area contributed by atoms with Crippen molar-refractivity contribution in [1.29, 1.82) is 0 Å². The van der Waals surface area contributed by atoms with Crippen LogP contribution in [0.3, 0.4) is 0 Å². The smallest absolute Gasteiger partial charge is 0.317 e. The second-order valence-corrected chi connectivity index (χ2v) is 4.98. The summed E-state index contributed by atoms with van der Waals surface area (Å²) < 4.78 is 0. The van der Waals surface area contributed by atoms with E-state index in [0.29, 0.717) is 6.42 Å². The van der Waals surface area contributed by atoms with Gasteiger partial charge >= 0.3 is 23.9 Å². The van der Waals surface area contributed by atoms with Gasteiger partial charge in [-0.2, -0.15) is 0 Å². The number of carboxylic acids is 4. The van der Waals surface area contributed by atoms with Crippen LogP contribution < -0.4 is 0 Å². The molecule has 0 aliphatic heterocycles.